The van der Waals surface area contributed by atoms with Gasteiger partial charge in [-0.3, -0.25) is 0 Å². The summed E-state index contributed by atoms with van der Waals surface area (Å²) in [6.07, 6.45) is 3.97. The van der Waals surface area contributed by atoms with Gasteiger partial charge in [0.05, 0.1) is 0 Å². The van der Waals surface area contributed by atoms with Crippen molar-refractivity contribution in [2.75, 3.05) is 26.4 Å². The molecule has 0 fully saturated rings. The molecule has 6 heteroatoms. The maximum atomic E-state index is 6.26. The van der Waals surface area contributed by atoms with Gasteiger partial charge in [-0.05, 0) is 38.8 Å². The Morgan fingerprint density at radius 1 is 0.636 bits per heavy atom. The maximum absolute atomic E-state index is 6.26. The largest absolute Gasteiger partial charge is 0.503 e. The summed E-state index contributed by atoms with van der Waals surface area (Å²) in [6, 6.07) is 0. The van der Waals surface area contributed by atoms with E-state index in [1.165, 1.54) is 0 Å². The molecule has 0 aliphatic rings. The van der Waals surface area contributed by atoms with Crippen molar-refractivity contribution in [1.29, 1.82) is 0 Å². The zero-order valence-corrected chi connectivity index (χ0v) is 17.9. The average molecular weight is 351 g/mol. The van der Waals surface area contributed by atoms with Crippen molar-refractivity contribution in [2.24, 2.45) is 0 Å². The Kier molecular flexibility index (Phi) is 11.9. The molecular weight excluding hydrogens is 312 g/mol. The molecule has 0 spiro atoms. The highest BCUT2D eigenvalue weighted by atomic mass is 28.4. The first-order valence-corrected chi connectivity index (χ1v) is 13.7. The summed E-state index contributed by atoms with van der Waals surface area (Å²) in [4.78, 5) is 0. The minimum absolute atomic E-state index is 0.233. The van der Waals surface area contributed by atoms with E-state index >= 15 is 0 Å². The van der Waals surface area contributed by atoms with Crippen LogP contribution in [0.4, 0.5) is 0 Å². The van der Waals surface area contributed by atoms with E-state index < -0.39 is 17.1 Å². The second kappa shape index (κ2) is 11.8. The van der Waals surface area contributed by atoms with Crippen molar-refractivity contribution < 1.29 is 17.7 Å². The van der Waals surface area contributed by atoms with E-state index in [4.69, 9.17) is 17.7 Å². The topological polar surface area (TPSA) is 36.9 Å². The van der Waals surface area contributed by atoms with Gasteiger partial charge in [-0.2, -0.15) is 0 Å². The fourth-order valence-electron chi connectivity index (χ4n) is 2.15. The van der Waals surface area contributed by atoms with E-state index in [0.717, 1.165) is 32.3 Å². The molecule has 0 aromatic rings. The first kappa shape index (κ1) is 22.3. The summed E-state index contributed by atoms with van der Waals surface area (Å²) in [5.41, 5.74) is 0. The van der Waals surface area contributed by atoms with Crippen molar-refractivity contribution >= 4 is 17.1 Å². The third-order valence-corrected chi connectivity index (χ3v) is 12.8. The molecule has 0 aromatic heterocycles. The highest BCUT2D eigenvalue weighted by Crippen LogP contribution is 2.35. The highest BCUT2D eigenvalue weighted by molar-refractivity contribution is 6.87. The Balaban J connectivity index is 5.25. The Morgan fingerprint density at radius 3 is 1.27 bits per heavy atom. The zero-order valence-electron chi connectivity index (χ0n) is 15.9. The van der Waals surface area contributed by atoms with Gasteiger partial charge in [0.25, 0.3) is 0 Å². The minimum atomic E-state index is -2.71. The molecule has 0 N–H and O–H groups in total. The Morgan fingerprint density at radius 2 is 0.955 bits per heavy atom. The molecular formula is C16H38O4Si2. The summed E-state index contributed by atoms with van der Waals surface area (Å²) in [5.74, 6) is 0. The van der Waals surface area contributed by atoms with Gasteiger partial charge in [0.1, 0.15) is 0 Å². The zero-order chi connectivity index (χ0) is 17.1. The van der Waals surface area contributed by atoms with Crippen LogP contribution in [-0.2, 0) is 17.7 Å². The van der Waals surface area contributed by atoms with E-state index in [2.05, 4.69) is 47.7 Å². The molecule has 22 heavy (non-hydrogen) atoms. The van der Waals surface area contributed by atoms with Crippen LogP contribution < -0.4 is 0 Å². The monoisotopic (exact) mass is 350 g/mol. The molecule has 0 amide bonds. The predicted octanol–water partition coefficient (Wildman–Crippen LogP) is 4.77. The molecule has 0 bridgehead atoms. The minimum Gasteiger partial charge on any atom is -0.417 e. The van der Waals surface area contributed by atoms with Crippen LogP contribution in [0.3, 0.4) is 0 Å². The van der Waals surface area contributed by atoms with Crippen molar-refractivity contribution in [2.45, 2.75) is 78.6 Å². The molecule has 0 saturated heterocycles. The Hall–Kier alpha value is 0.274. The van der Waals surface area contributed by atoms with Gasteiger partial charge in [-0.15, -0.1) is 0 Å². The lowest BCUT2D eigenvalue weighted by molar-refractivity contribution is 0.0548. The standard InChI is InChI=1S/C16H38O4Si2/c1-8-12-17-21(6,7)16(5)22(18-13-9-2,19-14-10-3)20-15-11-4/h16H,8-15H2,1-7H3. The second-order valence-electron chi connectivity index (χ2n) is 6.32. The van der Waals surface area contributed by atoms with Gasteiger partial charge in [-0.1, -0.05) is 34.6 Å². The molecule has 134 valence electrons. The molecule has 4 nitrogen and oxygen atoms in total. The lowest BCUT2D eigenvalue weighted by Gasteiger charge is -2.40. The van der Waals surface area contributed by atoms with Crippen LogP contribution in [-0.4, -0.2) is 43.5 Å². The Bertz CT molecular complexity index is 253. The van der Waals surface area contributed by atoms with E-state index in [-0.39, 0.29) is 5.16 Å². The predicted molar refractivity (Wildman–Crippen MR) is 97.6 cm³/mol. The normalized spacial score (nSPS) is 14.3. The van der Waals surface area contributed by atoms with Crippen molar-refractivity contribution in [3.63, 3.8) is 0 Å². The van der Waals surface area contributed by atoms with Gasteiger partial charge < -0.3 is 17.7 Å². The molecule has 1 unspecified atom stereocenters. The summed E-state index contributed by atoms with van der Waals surface area (Å²) in [5, 5.41) is 0.233. The smallest absolute Gasteiger partial charge is 0.417 e. The number of rotatable bonds is 14. The van der Waals surface area contributed by atoms with Gasteiger partial charge >= 0.3 is 8.80 Å². The summed E-state index contributed by atoms with van der Waals surface area (Å²) in [7, 11) is -4.64. The van der Waals surface area contributed by atoms with Gasteiger partial charge in [0, 0.05) is 31.6 Å². The molecule has 0 saturated carbocycles. The fourth-order valence-corrected chi connectivity index (χ4v) is 10.0. The van der Waals surface area contributed by atoms with Crippen molar-refractivity contribution in [3.8, 4) is 0 Å². The van der Waals surface area contributed by atoms with E-state index in [0.29, 0.717) is 19.8 Å². The van der Waals surface area contributed by atoms with Gasteiger partial charge in [-0.25, -0.2) is 0 Å². The van der Waals surface area contributed by atoms with Crippen molar-refractivity contribution in [3.05, 3.63) is 0 Å². The van der Waals surface area contributed by atoms with E-state index in [9.17, 15) is 0 Å². The highest BCUT2D eigenvalue weighted by Gasteiger charge is 2.55. The number of hydrogen-bond acceptors (Lipinski definition) is 4. The van der Waals surface area contributed by atoms with Crippen LogP contribution in [0.15, 0.2) is 0 Å². The van der Waals surface area contributed by atoms with Gasteiger partial charge in [0.2, 0.25) is 0 Å². The van der Waals surface area contributed by atoms with Crippen LogP contribution in [0, 0.1) is 0 Å². The molecule has 1 atom stereocenters. The molecule has 0 aliphatic heterocycles. The van der Waals surface area contributed by atoms with Crippen LogP contribution in [0.25, 0.3) is 0 Å². The van der Waals surface area contributed by atoms with Crippen LogP contribution in [0.5, 0.6) is 0 Å². The van der Waals surface area contributed by atoms with Crippen LogP contribution in [0.1, 0.15) is 60.3 Å². The molecule has 0 radical (unpaired) electrons. The van der Waals surface area contributed by atoms with Crippen LogP contribution >= 0.6 is 0 Å². The first-order valence-electron chi connectivity index (χ1n) is 8.95. The van der Waals surface area contributed by atoms with Gasteiger partial charge in [0.15, 0.2) is 8.32 Å². The molecule has 0 aromatic carbocycles. The number of hydrogen-bond donors (Lipinski definition) is 0. The van der Waals surface area contributed by atoms with Crippen LogP contribution in [0.2, 0.25) is 18.3 Å². The lowest BCUT2D eigenvalue weighted by atomic mass is 10.5. The van der Waals surface area contributed by atoms with E-state index in [1.807, 2.05) is 0 Å². The maximum Gasteiger partial charge on any atom is 0.503 e. The quantitative estimate of drug-likeness (QED) is 0.423. The third-order valence-electron chi connectivity index (χ3n) is 3.77. The molecule has 0 heterocycles. The average Bonchev–Trinajstić information content (AvgIpc) is 2.52. The lowest BCUT2D eigenvalue weighted by Crippen LogP contribution is -2.58. The molecule has 0 aliphatic carbocycles. The molecule has 0 rings (SSSR count). The van der Waals surface area contributed by atoms with Crippen molar-refractivity contribution in [1.82, 2.24) is 0 Å². The fraction of sp³-hybridized carbons (Fsp3) is 1.00. The first-order chi connectivity index (χ1) is 10.4. The summed E-state index contributed by atoms with van der Waals surface area (Å²) in [6.45, 7) is 18.2. The summed E-state index contributed by atoms with van der Waals surface area (Å²) < 4.78 is 25.0. The van der Waals surface area contributed by atoms with E-state index in [1.54, 1.807) is 0 Å². The summed E-state index contributed by atoms with van der Waals surface area (Å²) >= 11 is 0. The SMILES string of the molecule is CCCO[Si](C)(C)C(C)[Si](OCCC)(OCCC)OCCC. The Labute approximate surface area is 140 Å². The third kappa shape index (κ3) is 7.23. The second-order valence-corrected chi connectivity index (χ2v) is 14.2.